The molecule has 1 aliphatic rings. The van der Waals surface area contributed by atoms with Crippen LogP contribution in [0.2, 0.25) is 0 Å². The molecule has 24 heavy (non-hydrogen) atoms. The number of hydrogen-bond acceptors (Lipinski definition) is 4. The second-order valence-electron chi connectivity index (χ2n) is 6.39. The van der Waals surface area contributed by atoms with Gasteiger partial charge in [-0.25, -0.2) is 9.67 Å². The molecule has 0 unspecified atom stereocenters. The molecule has 1 aliphatic heterocycles. The number of piperidine rings is 1. The predicted octanol–water partition coefficient (Wildman–Crippen LogP) is 2.45. The smallest absolute Gasteiger partial charge is 0.260 e. The lowest BCUT2D eigenvalue weighted by atomic mass is 10.1. The highest BCUT2D eigenvalue weighted by Crippen LogP contribution is 2.22. The maximum atomic E-state index is 12.5. The van der Waals surface area contributed by atoms with Crippen LogP contribution in [0.4, 0.5) is 0 Å². The summed E-state index contributed by atoms with van der Waals surface area (Å²) in [6, 6.07) is 7.95. The molecule has 1 atom stereocenters. The van der Waals surface area contributed by atoms with Gasteiger partial charge in [0.15, 0.2) is 6.61 Å². The minimum absolute atomic E-state index is 0.0238. The van der Waals surface area contributed by atoms with Crippen LogP contribution in [-0.4, -0.2) is 45.3 Å². The summed E-state index contributed by atoms with van der Waals surface area (Å²) < 4.78 is 7.60. The summed E-state index contributed by atoms with van der Waals surface area (Å²) in [4.78, 5) is 18.7. The van der Waals surface area contributed by atoms with Gasteiger partial charge in [0.1, 0.15) is 17.4 Å². The van der Waals surface area contributed by atoms with Gasteiger partial charge in [-0.15, -0.1) is 0 Å². The van der Waals surface area contributed by atoms with Crippen molar-refractivity contribution in [2.75, 3.05) is 19.7 Å². The number of benzene rings is 1. The summed E-state index contributed by atoms with van der Waals surface area (Å²) in [5, 5.41) is 4.47. The molecule has 0 radical (unpaired) electrons. The minimum atomic E-state index is 0.0238. The van der Waals surface area contributed by atoms with Crippen LogP contribution in [-0.2, 0) is 4.79 Å². The number of nitrogens with zero attached hydrogens (tertiary/aromatic N) is 4. The fourth-order valence-electron chi connectivity index (χ4n) is 3.20. The fraction of sp³-hybridized carbons (Fsp3) is 0.500. The van der Waals surface area contributed by atoms with Gasteiger partial charge in [0.25, 0.3) is 5.91 Å². The van der Waals surface area contributed by atoms with Crippen molar-refractivity contribution in [3.63, 3.8) is 0 Å². The highest BCUT2D eigenvalue weighted by Gasteiger charge is 2.26. The van der Waals surface area contributed by atoms with Gasteiger partial charge in [-0.1, -0.05) is 12.1 Å². The Morgan fingerprint density at radius 3 is 2.88 bits per heavy atom. The second kappa shape index (κ2) is 7.03. The van der Waals surface area contributed by atoms with Gasteiger partial charge >= 0.3 is 0 Å². The van der Waals surface area contributed by atoms with Crippen molar-refractivity contribution in [3.05, 3.63) is 41.5 Å². The van der Waals surface area contributed by atoms with E-state index in [2.05, 4.69) is 10.1 Å². The average Bonchev–Trinajstić information content (AvgIpc) is 2.91. The first kappa shape index (κ1) is 16.5. The van der Waals surface area contributed by atoms with Gasteiger partial charge in [0, 0.05) is 13.1 Å². The molecule has 2 heterocycles. The molecule has 1 amide bonds. The second-order valence-corrected chi connectivity index (χ2v) is 6.39. The van der Waals surface area contributed by atoms with E-state index >= 15 is 0 Å². The zero-order chi connectivity index (χ0) is 17.1. The summed E-state index contributed by atoms with van der Waals surface area (Å²) in [6.07, 6.45) is 1.99. The van der Waals surface area contributed by atoms with Crippen LogP contribution in [0.15, 0.2) is 24.3 Å². The highest BCUT2D eigenvalue weighted by atomic mass is 16.5. The number of aryl methyl sites for hydroxylation is 3. The number of aromatic nitrogens is 3. The molecule has 0 spiro atoms. The largest absolute Gasteiger partial charge is 0.484 e. The highest BCUT2D eigenvalue weighted by molar-refractivity contribution is 5.77. The van der Waals surface area contributed by atoms with Gasteiger partial charge in [-0.05, 0) is 51.3 Å². The van der Waals surface area contributed by atoms with Gasteiger partial charge in [0.2, 0.25) is 0 Å². The first-order valence-electron chi connectivity index (χ1n) is 8.40. The van der Waals surface area contributed by atoms with Crippen molar-refractivity contribution < 1.29 is 9.53 Å². The molecule has 1 aromatic carbocycles. The summed E-state index contributed by atoms with van der Waals surface area (Å²) in [5.41, 5.74) is 1.12. The molecule has 2 aromatic rings. The van der Waals surface area contributed by atoms with E-state index in [9.17, 15) is 4.79 Å². The summed E-state index contributed by atoms with van der Waals surface area (Å²) >= 11 is 0. The van der Waals surface area contributed by atoms with Crippen LogP contribution in [0.3, 0.4) is 0 Å². The molecule has 1 saturated heterocycles. The number of carbonyl (C=O) groups excluding carboxylic acids is 1. The maximum Gasteiger partial charge on any atom is 0.260 e. The first-order valence-corrected chi connectivity index (χ1v) is 8.40. The summed E-state index contributed by atoms with van der Waals surface area (Å²) in [7, 11) is 0. The van der Waals surface area contributed by atoms with Crippen LogP contribution in [0, 0.1) is 20.8 Å². The number of likely N-dealkylation sites (tertiary alicyclic amines) is 1. The molecule has 0 saturated carbocycles. The zero-order valence-electron chi connectivity index (χ0n) is 14.5. The molecule has 128 valence electrons. The van der Waals surface area contributed by atoms with Crippen molar-refractivity contribution in [2.45, 2.75) is 39.7 Å². The lowest BCUT2D eigenvalue weighted by Gasteiger charge is -2.33. The molecule has 6 heteroatoms. The van der Waals surface area contributed by atoms with Crippen LogP contribution in [0.5, 0.6) is 5.75 Å². The Balaban J connectivity index is 1.60. The Morgan fingerprint density at radius 1 is 1.33 bits per heavy atom. The molecular weight excluding hydrogens is 304 g/mol. The Labute approximate surface area is 142 Å². The third-order valence-corrected chi connectivity index (χ3v) is 4.35. The number of amides is 1. The SMILES string of the molecule is Cc1cccc(OCC(=O)N2CCC[C@@H](n3nc(C)nc3C)C2)c1. The number of ether oxygens (including phenoxy) is 1. The number of hydrogen-bond donors (Lipinski definition) is 0. The van der Waals surface area contributed by atoms with Crippen molar-refractivity contribution >= 4 is 5.91 Å². The molecule has 1 fully saturated rings. The summed E-state index contributed by atoms with van der Waals surface area (Å²) in [5.74, 6) is 2.44. The van der Waals surface area contributed by atoms with Gasteiger partial charge in [-0.2, -0.15) is 5.10 Å². The van der Waals surface area contributed by atoms with E-state index < -0.39 is 0 Å². The predicted molar refractivity (Wildman–Crippen MR) is 91.0 cm³/mol. The molecule has 3 rings (SSSR count). The minimum Gasteiger partial charge on any atom is -0.484 e. The monoisotopic (exact) mass is 328 g/mol. The van der Waals surface area contributed by atoms with E-state index in [1.165, 1.54) is 0 Å². The maximum absolute atomic E-state index is 12.5. The molecule has 1 aromatic heterocycles. The summed E-state index contributed by atoms with van der Waals surface area (Å²) in [6.45, 7) is 7.38. The van der Waals surface area contributed by atoms with Crippen LogP contribution in [0.1, 0.15) is 36.1 Å². The van der Waals surface area contributed by atoms with E-state index in [0.717, 1.165) is 42.3 Å². The number of carbonyl (C=O) groups is 1. The van der Waals surface area contributed by atoms with Crippen molar-refractivity contribution in [1.82, 2.24) is 19.7 Å². The van der Waals surface area contributed by atoms with Crippen molar-refractivity contribution in [1.29, 1.82) is 0 Å². The van der Waals surface area contributed by atoms with Crippen molar-refractivity contribution in [3.8, 4) is 5.75 Å². The van der Waals surface area contributed by atoms with E-state index in [0.29, 0.717) is 6.54 Å². The lowest BCUT2D eigenvalue weighted by Crippen LogP contribution is -2.43. The van der Waals surface area contributed by atoms with Crippen molar-refractivity contribution in [2.24, 2.45) is 0 Å². The third kappa shape index (κ3) is 3.75. The molecule has 0 bridgehead atoms. The fourth-order valence-corrected chi connectivity index (χ4v) is 3.20. The third-order valence-electron chi connectivity index (χ3n) is 4.35. The Hall–Kier alpha value is -2.37. The van der Waals surface area contributed by atoms with Crippen LogP contribution >= 0.6 is 0 Å². The molecule has 0 N–H and O–H groups in total. The van der Waals surface area contributed by atoms with Gasteiger partial charge in [-0.3, -0.25) is 4.79 Å². The van der Waals surface area contributed by atoms with Crippen LogP contribution < -0.4 is 4.74 Å². The van der Waals surface area contributed by atoms with Gasteiger partial charge in [0.05, 0.1) is 6.04 Å². The van der Waals surface area contributed by atoms with Crippen LogP contribution in [0.25, 0.3) is 0 Å². The normalized spacial score (nSPS) is 17.8. The zero-order valence-corrected chi connectivity index (χ0v) is 14.5. The van der Waals surface area contributed by atoms with E-state index in [1.54, 1.807) is 0 Å². The lowest BCUT2D eigenvalue weighted by molar-refractivity contribution is -0.135. The Kier molecular flexibility index (Phi) is 4.83. The first-order chi connectivity index (χ1) is 11.5. The average molecular weight is 328 g/mol. The molecule has 0 aliphatic carbocycles. The Morgan fingerprint density at radius 2 is 2.17 bits per heavy atom. The topological polar surface area (TPSA) is 60.2 Å². The van der Waals surface area contributed by atoms with E-state index in [-0.39, 0.29) is 18.6 Å². The Bertz CT molecular complexity index is 726. The standard InChI is InChI=1S/C18H24N4O2/c1-13-6-4-8-17(10-13)24-12-18(23)21-9-5-7-16(11-21)22-15(3)19-14(2)20-22/h4,6,8,10,16H,5,7,9,11-12H2,1-3H3/t16-/m1/s1. The van der Waals surface area contributed by atoms with Gasteiger partial charge < -0.3 is 9.64 Å². The van der Waals surface area contributed by atoms with E-state index in [1.807, 2.05) is 54.6 Å². The molecule has 6 nitrogen and oxygen atoms in total. The quantitative estimate of drug-likeness (QED) is 0.865. The van der Waals surface area contributed by atoms with E-state index in [4.69, 9.17) is 4.74 Å². The number of rotatable bonds is 4. The molecular formula is C18H24N4O2.